The minimum atomic E-state index is -0.394. The number of amides is 1. The fraction of sp³-hybridized carbons (Fsp3) is 0.158. The molecule has 0 saturated heterocycles. The van der Waals surface area contributed by atoms with Crippen molar-refractivity contribution < 1.29 is 18.7 Å². The maximum Gasteiger partial charge on any atom is 0.251 e. The SMILES string of the molecule is Cc1nccn1-c1ccc(CNC(=O)c2cc(Cl)c3c(c2)OCO3)cc1F. The molecule has 2 aromatic carbocycles. The standard InChI is InChI=1S/C19H15ClFN3O3/c1-11-22-4-5-24(11)16-3-2-12(6-15(16)21)9-23-19(25)13-7-14(20)18-17(8-13)26-10-27-18/h2-8H,9-10H2,1H3,(H,23,25). The molecule has 27 heavy (non-hydrogen) atoms. The van der Waals surface area contributed by atoms with Gasteiger partial charge in [0.05, 0.1) is 10.7 Å². The van der Waals surface area contributed by atoms with E-state index >= 15 is 0 Å². The summed E-state index contributed by atoms with van der Waals surface area (Å²) in [5, 5.41) is 3.05. The number of carbonyl (C=O) groups excluding carboxylic acids is 1. The van der Waals surface area contributed by atoms with E-state index in [1.807, 2.05) is 0 Å². The van der Waals surface area contributed by atoms with Gasteiger partial charge in [-0.3, -0.25) is 4.79 Å². The van der Waals surface area contributed by atoms with Gasteiger partial charge in [-0.2, -0.15) is 0 Å². The molecule has 8 heteroatoms. The second kappa shape index (κ2) is 6.92. The number of halogens is 2. The van der Waals surface area contributed by atoms with Gasteiger partial charge in [0.25, 0.3) is 5.91 Å². The number of nitrogens with zero attached hydrogens (tertiary/aromatic N) is 2. The summed E-state index contributed by atoms with van der Waals surface area (Å²) in [4.78, 5) is 16.5. The third-order valence-electron chi connectivity index (χ3n) is 4.24. The lowest BCUT2D eigenvalue weighted by Gasteiger charge is -2.10. The molecule has 0 bridgehead atoms. The molecule has 1 N–H and O–H groups in total. The average Bonchev–Trinajstić information content (AvgIpc) is 3.29. The molecule has 1 aliphatic rings. The average molecular weight is 388 g/mol. The Kier molecular flexibility index (Phi) is 4.45. The summed E-state index contributed by atoms with van der Waals surface area (Å²) < 4.78 is 26.6. The molecular formula is C19H15ClFN3O3. The molecule has 0 spiro atoms. The lowest BCUT2D eigenvalue weighted by atomic mass is 10.1. The first-order chi connectivity index (χ1) is 13.0. The van der Waals surface area contributed by atoms with Crippen molar-refractivity contribution >= 4 is 17.5 Å². The maximum atomic E-state index is 14.4. The predicted molar refractivity (Wildman–Crippen MR) is 97.0 cm³/mol. The van der Waals surface area contributed by atoms with Crippen LogP contribution in [0.5, 0.6) is 11.5 Å². The first-order valence-corrected chi connectivity index (χ1v) is 8.57. The van der Waals surface area contributed by atoms with E-state index in [-0.39, 0.29) is 19.2 Å². The van der Waals surface area contributed by atoms with Crippen molar-refractivity contribution in [1.82, 2.24) is 14.9 Å². The Labute approximate surface area is 159 Å². The van der Waals surface area contributed by atoms with Gasteiger partial charge < -0.3 is 19.4 Å². The van der Waals surface area contributed by atoms with Crippen molar-refractivity contribution in [2.75, 3.05) is 6.79 Å². The van der Waals surface area contributed by atoms with E-state index in [1.54, 1.807) is 42.1 Å². The van der Waals surface area contributed by atoms with Crippen molar-refractivity contribution in [1.29, 1.82) is 0 Å². The number of rotatable bonds is 4. The highest BCUT2D eigenvalue weighted by molar-refractivity contribution is 6.32. The quantitative estimate of drug-likeness (QED) is 0.742. The van der Waals surface area contributed by atoms with E-state index in [0.29, 0.717) is 39.2 Å². The summed E-state index contributed by atoms with van der Waals surface area (Å²) in [6.07, 6.45) is 3.30. The van der Waals surface area contributed by atoms with Crippen LogP contribution < -0.4 is 14.8 Å². The van der Waals surface area contributed by atoms with Crippen molar-refractivity contribution in [2.45, 2.75) is 13.5 Å². The van der Waals surface area contributed by atoms with Crippen LogP contribution in [0.15, 0.2) is 42.7 Å². The number of aromatic nitrogens is 2. The highest BCUT2D eigenvalue weighted by atomic mass is 35.5. The lowest BCUT2D eigenvalue weighted by molar-refractivity contribution is 0.0950. The summed E-state index contributed by atoms with van der Waals surface area (Å²) in [7, 11) is 0. The zero-order valence-corrected chi connectivity index (χ0v) is 15.1. The Morgan fingerprint density at radius 1 is 1.33 bits per heavy atom. The van der Waals surface area contributed by atoms with Crippen molar-refractivity contribution in [3.63, 3.8) is 0 Å². The molecule has 1 aliphatic heterocycles. The van der Waals surface area contributed by atoms with Crippen LogP contribution in [0.3, 0.4) is 0 Å². The Hall–Kier alpha value is -3.06. The zero-order chi connectivity index (χ0) is 19.0. The summed E-state index contributed by atoms with van der Waals surface area (Å²) in [5.74, 6) is 0.813. The molecule has 4 rings (SSSR count). The summed E-state index contributed by atoms with van der Waals surface area (Å²) >= 11 is 6.09. The van der Waals surface area contributed by atoms with E-state index in [4.69, 9.17) is 21.1 Å². The monoisotopic (exact) mass is 387 g/mol. The molecule has 0 atom stereocenters. The van der Waals surface area contributed by atoms with E-state index < -0.39 is 5.82 Å². The molecule has 0 unspecified atom stereocenters. The smallest absolute Gasteiger partial charge is 0.251 e. The van der Waals surface area contributed by atoms with Gasteiger partial charge >= 0.3 is 0 Å². The van der Waals surface area contributed by atoms with Crippen LogP contribution in [0.2, 0.25) is 5.02 Å². The Morgan fingerprint density at radius 3 is 2.93 bits per heavy atom. The van der Waals surface area contributed by atoms with Crippen molar-refractivity contribution in [3.05, 3.63) is 70.5 Å². The van der Waals surface area contributed by atoms with Crippen LogP contribution in [0.25, 0.3) is 5.69 Å². The highest BCUT2D eigenvalue weighted by Crippen LogP contribution is 2.39. The topological polar surface area (TPSA) is 65.4 Å². The molecule has 0 saturated carbocycles. The van der Waals surface area contributed by atoms with Gasteiger partial charge in [-0.15, -0.1) is 0 Å². The van der Waals surface area contributed by atoms with Gasteiger partial charge in [0.2, 0.25) is 6.79 Å². The third kappa shape index (κ3) is 3.33. The second-order valence-electron chi connectivity index (χ2n) is 6.00. The van der Waals surface area contributed by atoms with Gasteiger partial charge in [-0.1, -0.05) is 17.7 Å². The van der Waals surface area contributed by atoms with Gasteiger partial charge in [-0.05, 0) is 36.8 Å². The number of fused-ring (bicyclic) bond motifs is 1. The summed E-state index contributed by atoms with van der Waals surface area (Å²) in [6, 6.07) is 7.88. The molecule has 2 heterocycles. The van der Waals surface area contributed by atoms with E-state index in [2.05, 4.69) is 10.3 Å². The third-order valence-corrected chi connectivity index (χ3v) is 4.52. The maximum absolute atomic E-state index is 14.4. The van der Waals surface area contributed by atoms with Gasteiger partial charge in [0, 0.05) is 24.5 Å². The van der Waals surface area contributed by atoms with E-state index in [0.717, 1.165) is 0 Å². The molecule has 1 aromatic heterocycles. The molecular weight excluding hydrogens is 373 g/mol. The number of benzene rings is 2. The van der Waals surface area contributed by atoms with Crippen LogP contribution in [-0.2, 0) is 6.54 Å². The first-order valence-electron chi connectivity index (χ1n) is 8.19. The largest absolute Gasteiger partial charge is 0.454 e. The minimum Gasteiger partial charge on any atom is -0.454 e. The van der Waals surface area contributed by atoms with Crippen LogP contribution in [-0.4, -0.2) is 22.3 Å². The van der Waals surface area contributed by atoms with Gasteiger partial charge in [0.15, 0.2) is 11.5 Å². The zero-order valence-electron chi connectivity index (χ0n) is 14.3. The van der Waals surface area contributed by atoms with Crippen molar-refractivity contribution in [2.24, 2.45) is 0 Å². The predicted octanol–water partition coefficient (Wildman–Crippen LogP) is 3.63. The fourth-order valence-corrected chi connectivity index (χ4v) is 3.14. The van der Waals surface area contributed by atoms with Crippen LogP contribution in [0.4, 0.5) is 4.39 Å². The molecule has 0 fully saturated rings. The fourth-order valence-electron chi connectivity index (χ4n) is 2.87. The number of aryl methyl sites for hydroxylation is 1. The number of ether oxygens (including phenoxy) is 2. The number of hydrogen-bond donors (Lipinski definition) is 1. The molecule has 1 amide bonds. The Morgan fingerprint density at radius 2 is 2.19 bits per heavy atom. The van der Waals surface area contributed by atoms with Crippen LogP contribution in [0.1, 0.15) is 21.7 Å². The number of hydrogen-bond acceptors (Lipinski definition) is 4. The molecule has 3 aromatic rings. The second-order valence-corrected chi connectivity index (χ2v) is 6.41. The Bertz CT molecular complexity index is 1040. The molecule has 0 aliphatic carbocycles. The number of carbonyl (C=O) groups is 1. The van der Waals surface area contributed by atoms with E-state index in [9.17, 15) is 9.18 Å². The van der Waals surface area contributed by atoms with E-state index in [1.165, 1.54) is 12.1 Å². The normalized spacial score (nSPS) is 12.3. The molecule has 0 radical (unpaired) electrons. The molecule has 138 valence electrons. The minimum absolute atomic E-state index is 0.0716. The summed E-state index contributed by atoms with van der Waals surface area (Å²) in [6.45, 7) is 2.04. The van der Waals surface area contributed by atoms with Crippen LogP contribution in [0, 0.1) is 12.7 Å². The first kappa shape index (κ1) is 17.4. The van der Waals surface area contributed by atoms with Gasteiger partial charge in [-0.25, -0.2) is 9.37 Å². The lowest BCUT2D eigenvalue weighted by Crippen LogP contribution is -2.22. The Balaban J connectivity index is 1.47. The highest BCUT2D eigenvalue weighted by Gasteiger charge is 2.20. The van der Waals surface area contributed by atoms with Gasteiger partial charge in [0.1, 0.15) is 11.6 Å². The van der Waals surface area contributed by atoms with Crippen LogP contribution >= 0.6 is 11.6 Å². The molecule has 6 nitrogen and oxygen atoms in total. The number of nitrogens with one attached hydrogen (secondary N) is 1. The summed E-state index contributed by atoms with van der Waals surface area (Å²) in [5.41, 5.74) is 1.38. The number of imidazole rings is 1. The van der Waals surface area contributed by atoms with Crippen molar-refractivity contribution in [3.8, 4) is 17.2 Å².